The standard InChI is InChI=1S/C14H20N2O3/c1-9(10-4-6-19-7-5-10)16-13-3-2-11(14(17)18)8-12(13)15/h2-3,8-10,16H,4-7,15H2,1H3,(H,17,18). The number of hydrogen-bond donors (Lipinski definition) is 3. The lowest BCUT2D eigenvalue weighted by Crippen LogP contribution is -2.31. The average molecular weight is 264 g/mol. The van der Waals surface area contributed by atoms with E-state index in [0.29, 0.717) is 17.6 Å². The molecular weight excluding hydrogens is 244 g/mol. The Bertz CT molecular complexity index is 456. The summed E-state index contributed by atoms with van der Waals surface area (Å²) in [6, 6.07) is 5.08. The Balaban J connectivity index is 2.03. The minimum absolute atomic E-state index is 0.210. The second-order valence-corrected chi connectivity index (χ2v) is 4.99. The summed E-state index contributed by atoms with van der Waals surface area (Å²) in [5.41, 5.74) is 7.36. The third kappa shape index (κ3) is 3.38. The summed E-state index contributed by atoms with van der Waals surface area (Å²) in [4.78, 5) is 10.8. The molecule has 5 heteroatoms. The molecule has 1 atom stereocenters. The van der Waals surface area contributed by atoms with E-state index < -0.39 is 5.97 Å². The molecule has 1 aromatic carbocycles. The molecule has 0 radical (unpaired) electrons. The molecular formula is C14H20N2O3. The normalized spacial score (nSPS) is 17.9. The monoisotopic (exact) mass is 264 g/mol. The Kier molecular flexibility index (Phi) is 4.27. The molecule has 5 nitrogen and oxygen atoms in total. The van der Waals surface area contributed by atoms with Crippen LogP contribution in [0.3, 0.4) is 0 Å². The quantitative estimate of drug-likeness (QED) is 0.726. The van der Waals surface area contributed by atoms with Gasteiger partial charge in [-0.25, -0.2) is 4.79 Å². The van der Waals surface area contributed by atoms with Crippen LogP contribution in [0.4, 0.5) is 11.4 Å². The number of nitrogens with one attached hydrogen (secondary N) is 1. The smallest absolute Gasteiger partial charge is 0.335 e. The van der Waals surface area contributed by atoms with Gasteiger partial charge in [-0.3, -0.25) is 0 Å². The third-order valence-electron chi connectivity index (χ3n) is 3.65. The van der Waals surface area contributed by atoms with E-state index in [2.05, 4.69) is 12.2 Å². The van der Waals surface area contributed by atoms with E-state index in [4.69, 9.17) is 15.6 Å². The predicted octanol–water partition coefficient (Wildman–Crippen LogP) is 2.19. The van der Waals surface area contributed by atoms with Crippen molar-refractivity contribution in [2.75, 3.05) is 24.3 Å². The Morgan fingerprint density at radius 1 is 1.47 bits per heavy atom. The number of nitrogen functional groups attached to an aromatic ring is 1. The van der Waals surface area contributed by atoms with Gasteiger partial charge in [0, 0.05) is 19.3 Å². The number of aromatic carboxylic acids is 1. The number of carbonyl (C=O) groups is 1. The highest BCUT2D eigenvalue weighted by Gasteiger charge is 2.20. The lowest BCUT2D eigenvalue weighted by atomic mass is 9.92. The number of carboxylic acids is 1. The van der Waals surface area contributed by atoms with Gasteiger partial charge in [0.05, 0.1) is 16.9 Å². The first-order valence-corrected chi connectivity index (χ1v) is 6.55. The van der Waals surface area contributed by atoms with Crippen molar-refractivity contribution in [3.05, 3.63) is 23.8 Å². The van der Waals surface area contributed by atoms with E-state index in [1.54, 1.807) is 12.1 Å². The topological polar surface area (TPSA) is 84.6 Å². The fourth-order valence-corrected chi connectivity index (χ4v) is 2.41. The minimum Gasteiger partial charge on any atom is -0.478 e. The van der Waals surface area contributed by atoms with Crippen molar-refractivity contribution in [2.45, 2.75) is 25.8 Å². The van der Waals surface area contributed by atoms with Gasteiger partial charge in [-0.1, -0.05) is 0 Å². The summed E-state index contributed by atoms with van der Waals surface area (Å²) in [6.07, 6.45) is 2.09. The molecule has 0 aromatic heterocycles. The molecule has 19 heavy (non-hydrogen) atoms. The van der Waals surface area contributed by atoms with Gasteiger partial charge in [-0.05, 0) is 43.9 Å². The van der Waals surface area contributed by atoms with E-state index in [1.807, 2.05) is 0 Å². The van der Waals surface area contributed by atoms with Gasteiger partial charge in [0.15, 0.2) is 0 Å². The van der Waals surface area contributed by atoms with Crippen molar-refractivity contribution in [1.82, 2.24) is 0 Å². The molecule has 0 bridgehead atoms. The summed E-state index contributed by atoms with van der Waals surface area (Å²) in [6.45, 7) is 3.74. The molecule has 0 aliphatic carbocycles. The largest absolute Gasteiger partial charge is 0.478 e. The maximum atomic E-state index is 10.8. The van der Waals surface area contributed by atoms with Gasteiger partial charge in [-0.2, -0.15) is 0 Å². The molecule has 1 aromatic rings. The predicted molar refractivity (Wildman–Crippen MR) is 74.4 cm³/mol. The van der Waals surface area contributed by atoms with E-state index in [0.717, 1.165) is 31.7 Å². The number of benzene rings is 1. The van der Waals surface area contributed by atoms with Gasteiger partial charge < -0.3 is 20.9 Å². The summed E-state index contributed by atoms with van der Waals surface area (Å²) < 4.78 is 5.35. The van der Waals surface area contributed by atoms with Crippen LogP contribution < -0.4 is 11.1 Å². The van der Waals surface area contributed by atoms with Gasteiger partial charge >= 0.3 is 5.97 Å². The first kappa shape index (κ1) is 13.7. The zero-order chi connectivity index (χ0) is 13.8. The molecule has 0 amide bonds. The average Bonchev–Trinajstić information content (AvgIpc) is 2.41. The highest BCUT2D eigenvalue weighted by atomic mass is 16.5. The molecule has 1 aliphatic heterocycles. The van der Waals surface area contributed by atoms with Crippen molar-refractivity contribution in [3.63, 3.8) is 0 Å². The third-order valence-corrected chi connectivity index (χ3v) is 3.65. The molecule has 104 valence electrons. The number of ether oxygens (including phenoxy) is 1. The Morgan fingerprint density at radius 2 is 2.16 bits per heavy atom. The number of anilines is 2. The van der Waals surface area contributed by atoms with Crippen LogP contribution in [0.2, 0.25) is 0 Å². The van der Waals surface area contributed by atoms with Gasteiger partial charge in [-0.15, -0.1) is 0 Å². The number of carboxylic acid groups (broad SMARTS) is 1. The highest BCUT2D eigenvalue weighted by molar-refractivity contribution is 5.90. The first-order valence-electron chi connectivity index (χ1n) is 6.55. The minimum atomic E-state index is -0.962. The van der Waals surface area contributed by atoms with Gasteiger partial charge in [0.2, 0.25) is 0 Å². The maximum Gasteiger partial charge on any atom is 0.335 e. The Labute approximate surface area is 112 Å². The van der Waals surface area contributed by atoms with Gasteiger partial charge in [0.1, 0.15) is 0 Å². The second-order valence-electron chi connectivity index (χ2n) is 4.99. The highest BCUT2D eigenvalue weighted by Crippen LogP contribution is 2.25. The molecule has 4 N–H and O–H groups in total. The van der Waals surface area contributed by atoms with Crippen molar-refractivity contribution in [2.24, 2.45) is 5.92 Å². The lowest BCUT2D eigenvalue weighted by Gasteiger charge is -2.29. The van der Waals surface area contributed by atoms with Crippen LogP contribution >= 0.6 is 0 Å². The summed E-state index contributed by atoms with van der Waals surface area (Å²) >= 11 is 0. The van der Waals surface area contributed by atoms with E-state index in [-0.39, 0.29) is 5.56 Å². The molecule has 0 saturated carbocycles. The van der Waals surface area contributed by atoms with Crippen LogP contribution in [-0.4, -0.2) is 30.3 Å². The number of nitrogens with two attached hydrogens (primary N) is 1. The van der Waals surface area contributed by atoms with E-state index in [9.17, 15) is 4.79 Å². The number of rotatable bonds is 4. The van der Waals surface area contributed by atoms with Crippen molar-refractivity contribution in [1.29, 1.82) is 0 Å². The number of hydrogen-bond acceptors (Lipinski definition) is 4. The van der Waals surface area contributed by atoms with Crippen LogP contribution in [0.15, 0.2) is 18.2 Å². The summed E-state index contributed by atoms with van der Waals surface area (Å²) in [7, 11) is 0. The molecule has 0 spiro atoms. The molecule has 1 unspecified atom stereocenters. The zero-order valence-corrected chi connectivity index (χ0v) is 11.1. The molecule has 2 rings (SSSR count). The molecule has 1 saturated heterocycles. The van der Waals surface area contributed by atoms with Crippen molar-refractivity contribution in [3.8, 4) is 0 Å². The molecule has 1 fully saturated rings. The second kappa shape index (κ2) is 5.93. The fraction of sp³-hybridized carbons (Fsp3) is 0.500. The Hall–Kier alpha value is -1.75. The van der Waals surface area contributed by atoms with Crippen molar-refractivity contribution >= 4 is 17.3 Å². The van der Waals surface area contributed by atoms with Crippen LogP contribution in [0, 0.1) is 5.92 Å². The van der Waals surface area contributed by atoms with Crippen LogP contribution in [0.5, 0.6) is 0 Å². The summed E-state index contributed by atoms with van der Waals surface area (Å²) in [5.74, 6) is -0.400. The molecule has 1 aliphatic rings. The van der Waals surface area contributed by atoms with Crippen molar-refractivity contribution < 1.29 is 14.6 Å². The van der Waals surface area contributed by atoms with E-state index in [1.165, 1.54) is 6.07 Å². The van der Waals surface area contributed by atoms with Crippen LogP contribution in [0.1, 0.15) is 30.1 Å². The van der Waals surface area contributed by atoms with E-state index >= 15 is 0 Å². The van der Waals surface area contributed by atoms with Crippen LogP contribution in [0.25, 0.3) is 0 Å². The zero-order valence-electron chi connectivity index (χ0n) is 11.1. The lowest BCUT2D eigenvalue weighted by molar-refractivity contribution is 0.0622. The van der Waals surface area contributed by atoms with Crippen LogP contribution in [-0.2, 0) is 4.74 Å². The maximum absolute atomic E-state index is 10.8. The SMILES string of the molecule is CC(Nc1ccc(C(=O)O)cc1N)C1CCOCC1. The summed E-state index contributed by atoms with van der Waals surface area (Å²) in [5, 5.41) is 12.3. The molecule has 1 heterocycles. The fourth-order valence-electron chi connectivity index (χ4n) is 2.41. The first-order chi connectivity index (χ1) is 9.08. The van der Waals surface area contributed by atoms with Gasteiger partial charge in [0.25, 0.3) is 0 Å². The Morgan fingerprint density at radius 3 is 2.74 bits per heavy atom.